The van der Waals surface area contributed by atoms with Crippen LogP contribution in [0.5, 0.6) is 0 Å². The molecule has 2 fully saturated rings. The molecule has 0 bridgehead atoms. The minimum atomic E-state index is 0.389. The van der Waals surface area contributed by atoms with Crippen molar-refractivity contribution in [2.75, 3.05) is 6.61 Å². The standard InChI is InChI=1S/C13H23BrO/c1-3-13(2)11(14)9-12(13)15-8-7-10-5-4-6-10/h10-12H,3-9H2,1-2H3. The summed E-state index contributed by atoms with van der Waals surface area (Å²) in [7, 11) is 0. The molecule has 3 atom stereocenters. The summed E-state index contributed by atoms with van der Waals surface area (Å²) in [6, 6.07) is 0. The van der Waals surface area contributed by atoms with E-state index in [2.05, 4.69) is 29.8 Å². The Morgan fingerprint density at radius 2 is 2.13 bits per heavy atom. The third-order valence-corrected chi connectivity index (χ3v) is 6.12. The first-order valence-corrected chi connectivity index (χ1v) is 7.34. The Morgan fingerprint density at radius 3 is 2.60 bits per heavy atom. The third-order valence-electron chi connectivity index (χ3n) is 4.70. The fourth-order valence-electron chi connectivity index (χ4n) is 2.63. The highest BCUT2D eigenvalue weighted by molar-refractivity contribution is 9.09. The first-order chi connectivity index (χ1) is 7.16. The van der Waals surface area contributed by atoms with Crippen molar-refractivity contribution in [1.82, 2.24) is 0 Å². The van der Waals surface area contributed by atoms with Gasteiger partial charge in [0.05, 0.1) is 6.10 Å². The molecule has 2 rings (SSSR count). The number of halogens is 1. The fourth-order valence-corrected chi connectivity index (χ4v) is 3.59. The van der Waals surface area contributed by atoms with Crippen molar-refractivity contribution in [2.45, 2.75) is 63.3 Å². The van der Waals surface area contributed by atoms with Crippen molar-refractivity contribution in [3.8, 4) is 0 Å². The van der Waals surface area contributed by atoms with Crippen LogP contribution in [0.4, 0.5) is 0 Å². The predicted octanol–water partition coefficient (Wildman–Crippen LogP) is 4.15. The van der Waals surface area contributed by atoms with Crippen LogP contribution >= 0.6 is 15.9 Å². The topological polar surface area (TPSA) is 9.23 Å². The highest BCUT2D eigenvalue weighted by Gasteiger charge is 2.49. The molecule has 2 aliphatic rings. The van der Waals surface area contributed by atoms with Crippen molar-refractivity contribution in [1.29, 1.82) is 0 Å². The molecule has 0 amide bonds. The lowest BCUT2D eigenvalue weighted by Gasteiger charge is -2.51. The second-order valence-electron chi connectivity index (χ2n) is 5.51. The summed E-state index contributed by atoms with van der Waals surface area (Å²) in [4.78, 5) is 0.670. The summed E-state index contributed by atoms with van der Waals surface area (Å²) in [5.41, 5.74) is 0.389. The van der Waals surface area contributed by atoms with Gasteiger partial charge in [-0.2, -0.15) is 0 Å². The zero-order valence-corrected chi connectivity index (χ0v) is 11.6. The number of alkyl halides is 1. The van der Waals surface area contributed by atoms with Crippen LogP contribution in [0.1, 0.15) is 52.4 Å². The van der Waals surface area contributed by atoms with E-state index in [1.54, 1.807) is 0 Å². The largest absolute Gasteiger partial charge is 0.378 e. The van der Waals surface area contributed by atoms with Crippen LogP contribution in [0, 0.1) is 11.3 Å². The minimum Gasteiger partial charge on any atom is -0.378 e. The van der Waals surface area contributed by atoms with E-state index in [1.165, 1.54) is 38.5 Å². The van der Waals surface area contributed by atoms with Gasteiger partial charge in [0.25, 0.3) is 0 Å². The number of hydrogen-bond acceptors (Lipinski definition) is 1. The minimum absolute atomic E-state index is 0.389. The summed E-state index contributed by atoms with van der Waals surface area (Å²) in [5.74, 6) is 0.984. The molecule has 0 aromatic heterocycles. The molecule has 0 aromatic rings. The molecule has 0 spiro atoms. The van der Waals surface area contributed by atoms with E-state index in [-0.39, 0.29) is 0 Å². The molecule has 2 aliphatic carbocycles. The van der Waals surface area contributed by atoms with E-state index in [0.29, 0.717) is 16.3 Å². The summed E-state index contributed by atoms with van der Waals surface area (Å²) in [5, 5.41) is 0. The summed E-state index contributed by atoms with van der Waals surface area (Å²) >= 11 is 3.75. The molecule has 0 N–H and O–H groups in total. The van der Waals surface area contributed by atoms with Crippen molar-refractivity contribution < 1.29 is 4.74 Å². The SMILES string of the molecule is CCC1(C)C(Br)CC1OCCC1CCC1. The second kappa shape index (κ2) is 4.75. The highest BCUT2D eigenvalue weighted by Crippen LogP contribution is 2.50. The maximum Gasteiger partial charge on any atom is 0.0650 e. The predicted molar refractivity (Wildman–Crippen MR) is 67.4 cm³/mol. The van der Waals surface area contributed by atoms with Gasteiger partial charge in [-0.25, -0.2) is 0 Å². The Bertz CT molecular complexity index is 215. The van der Waals surface area contributed by atoms with Crippen LogP contribution in [0.2, 0.25) is 0 Å². The number of rotatable bonds is 5. The summed E-state index contributed by atoms with van der Waals surface area (Å²) < 4.78 is 6.03. The van der Waals surface area contributed by atoms with E-state index in [4.69, 9.17) is 4.74 Å². The Kier molecular flexibility index (Phi) is 3.77. The highest BCUT2D eigenvalue weighted by atomic mass is 79.9. The maximum absolute atomic E-state index is 6.03. The maximum atomic E-state index is 6.03. The van der Waals surface area contributed by atoms with Crippen molar-refractivity contribution in [2.24, 2.45) is 11.3 Å². The van der Waals surface area contributed by atoms with Gasteiger partial charge >= 0.3 is 0 Å². The molecular formula is C13H23BrO. The van der Waals surface area contributed by atoms with E-state index >= 15 is 0 Å². The molecule has 3 unspecified atom stereocenters. The molecule has 88 valence electrons. The van der Waals surface area contributed by atoms with Crippen molar-refractivity contribution in [3.63, 3.8) is 0 Å². The van der Waals surface area contributed by atoms with Crippen LogP contribution in [0.25, 0.3) is 0 Å². The van der Waals surface area contributed by atoms with Gasteiger partial charge in [-0.15, -0.1) is 0 Å². The zero-order valence-electron chi connectivity index (χ0n) is 9.97. The smallest absolute Gasteiger partial charge is 0.0650 e. The van der Waals surface area contributed by atoms with Crippen LogP contribution in [0.15, 0.2) is 0 Å². The van der Waals surface area contributed by atoms with Crippen LogP contribution < -0.4 is 0 Å². The molecular weight excluding hydrogens is 252 g/mol. The average molecular weight is 275 g/mol. The lowest BCUT2D eigenvalue weighted by Crippen LogP contribution is -2.53. The molecule has 0 radical (unpaired) electrons. The Labute approximate surface area is 102 Å². The van der Waals surface area contributed by atoms with Gasteiger partial charge in [0.15, 0.2) is 0 Å². The van der Waals surface area contributed by atoms with Gasteiger partial charge in [-0.3, -0.25) is 0 Å². The van der Waals surface area contributed by atoms with Gasteiger partial charge in [0.1, 0.15) is 0 Å². The second-order valence-corrected chi connectivity index (χ2v) is 6.61. The molecule has 1 nitrogen and oxygen atoms in total. The van der Waals surface area contributed by atoms with Gasteiger partial charge in [0.2, 0.25) is 0 Å². The van der Waals surface area contributed by atoms with Gasteiger partial charge < -0.3 is 4.74 Å². The molecule has 2 saturated carbocycles. The van der Waals surface area contributed by atoms with E-state index in [1.807, 2.05) is 0 Å². The first kappa shape index (κ1) is 11.9. The molecule has 0 aliphatic heterocycles. The van der Waals surface area contributed by atoms with Crippen LogP contribution in [0.3, 0.4) is 0 Å². The van der Waals surface area contributed by atoms with Crippen LogP contribution in [-0.4, -0.2) is 17.5 Å². The lowest BCUT2D eigenvalue weighted by atomic mass is 9.65. The first-order valence-electron chi connectivity index (χ1n) is 6.42. The quantitative estimate of drug-likeness (QED) is 0.685. The Morgan fingerprint density at radius 1 is 1.40 bits per heavy atom. The monoisotopic (exact) mass is 274 g/mol. The molecule has 0 aromatic carbocycles. The fraction of sp³-hybridized carbons (Fsp3) is 1.00. The van der Waals surface area contributed by atoms with Crippen molar-refractivity contribution >= 4 is 15.9 Å². The Balaban J connectivity index is 1.66. The molecule has 0 saturated heterocycles. The molecule has 0 heterocycles. The third kappa shape index (κ3) is 2.26. The molecule has 15 heavy (non-hydrogen) atoms. The van der Waals surface area contributed by atoms with Gasteiger partial charge in [-0.05, 0) is 25.2 Å². The van der Waals surface area contributed by atoms with Crippen LogP contribution in [-0.2, 0) is 4.74 Å². The summed E-state index contributed by atoms with van der Waals surface area (Å²) in [6.07, 6.45) is 8.56. The summed E-state index contributed by atoms with van der Waals surface area (Å²) in [6.45, 7) is 5.62. The van der Waals surface area contributed by atoms with E-state index in [0.717, 1.165) is 12.5 Å². The molecule has 2 heteroatoms. The van der Waals surface area contributed by atoms with Crippen molar-refractivity contribution in [3.05, 3.63) is 0 Å². The van der Waals surface area contributed by atoms with Gasteiger partial charge in [0, 0.05) is 16.8 Å². The Hall–Kier alpha value is 0.440. The number of ether oxygens (including phenoxy) is 1. The lowest BCUT2D eigenvalue weighted by molar-refractivity contribution is -0.100. The normalized spacial score (nSPS) is 41.0. The van der Waals surface area contributed by atoms with E-state index in [9.17, 15) is 0 Å². The average Bonchev–Trinajstić information content (AvgIpc) is 2.18. The number of hydrogen-bond donors (Lipinski definition) is 0. The zero-order chi connectivity index (χ0) is 10.9. The van der Waals surface area contributed by atoms with Gasteiger partial charge in [-0.1, -0.05) is 49.0 Å². The van der Waals surface area contributed by atoms with E-state index < -0.39 is 0 Å².